The van der Waals surface area contributed by atoms with E-state index < -0.39 is 5.82 Å². The molecule has 5 heteroatoms. The molecule has 98 valence electrons. The van der Waals surface area contributed by atoms with Crippen molar-refractivity contribution >= 4 is 11.6 Å². The van der Waals surface area contributed by atoms with Gasteiger partial charge in [-0.15, -0.1) is 0 Å². The molecule has 4 nitrogen and oxygen atoms in total. The SMILES string of the molecule is CC1(C)COCCN1C(=O)c1ccc(N)c(F)c1. The van der Waals surface area contributed by atoms with Gasteiger partial charge < -0.3 is 15.4 Å². The fourth-order valence-corrected chi connectivity index (χ4v) is 2.05. The standard InChI is InChI=1S/C13H17FN2O2/c1-13(2)8-18-6-5-16(13)12(17)9-3-4-11(15)10(14)7-9/h3-4,7H,5-6,8,15H2,1-2H3. The summed E-state index contributed by atoms with van der Waals surface area (Å²) >= 11 is 0. The van der Waals surface area contributed by atoms with E-state index in [-0.39, 0.29) is 17.1 Å². The Labute approximate surface area is 106 Å². The van der Waals surface area contributed by atoms with Gasteiger partial charge in [0.2, 0.25) is 0 Å². The maximum absolute atomic E-state index is 13.4. The molecular formula is C13H17FN2O2. The van der Waals surface area contributed by atoms with E-state index in [1.165, 1.54) is 12.1 Å². The maximum atomic E-state index is 13.4. The smallest absolute Gasteiger partial charge is 0.254 e. The molecule has 2 rings (SSSR count). The number of nitrogen functional groups attached to an aromatic ring is 1. The number of nitrogens with two attached hydrogens (primary N) is 1. The fourth-order valence-electron chi connectivity index (χ4n) is 2.05. The molecule has 0 saturated carbocycles. The highest BCUT2D eigenvalue weighted by atomic mass is 19.1. The normalized spacial score (nSPS) is 18.7. The number of amides is 1. The van der Waals surface area contributed by atoms with Crippen LogP contribution in [0, 0.1) is 5.82 Å². The van der Waals surface area contributed by atoms with Crippen LogP contribution < -0.4 is 5.73 Å². The summed E-state index contributed by atoms with van der Waals surface area (Å²) in [5, 5.41) is 0. The first kappa shape index (κ1) is 12.8. The monoisotopic (exact) mass is 252 g/mol. The fraction of sp³-hybridized carbons (Fsp3) is 0.462. The van der Waals surface area contributed by atoms with Crippen LogP contribution in [0.1, 0.15) is 24.2 Å². The number of morpholine rings is 1. The number of anilines is 1. The van der Waals surface area contributed by atoms with Crippen molar-refractivity contribution in [3.05, 3.63) is 29.6 Å². The summed E-state index contributed by atoms with van der Waals surface area (Å²) in [5.74, 6) is -0.755. The second kappa shape index (κ2) is 4.57. The molecule has 2 N–H and O–H groups in total. The average Bonchev–Trinajstić information content (AvgIpc) is 2.31. The zero-order valence-electron chi connectivity index (χ0n) is 10.6. The summed E-state index contributed by atoms with van der Waals surface area (Å²) < 4.78 is 18.7. The van der Waals surface area contributed by atoms with Crippen molar-refractivity contribution in [3.8, 4) is 0 Å². The summed E-state index contributed by atoms with van der Waals surface area (Å²) in [6.45, 7) is 5.36. The minimum Gasteiger partial charge on any atom is -0.396 e. The van der Waals surface area contributed by atoms with Gasteiger partial charge in [0.25, 0.3) is 5.91 Å². The van der Waals surface area contributed by atoms with Gasteiger partial charge >= 0.3 is 0 Å². The van der Waals surface area contributed by atoms with Crippen molar-refractivity contribution in [1.29, 1.82) is 0 Å². The molecule has 0 aliphatic carbocycles. The molecule has 1 aromatic rings. The van der Waals surface area contributed by atoms with E-state index in [2.05, 4.69) is 0 Å². The van der Waals surface area contributed by atoms with E-state index in [1.807, 2.05) is 13.8 Å². The van der Waals surface area contributed by atoms with Crippen molar-refractivity contribution in [2.24, 2.45) is 0 Å². The molecule has 1 fully saturated rings. The van der Waals surface area contributed by atoms with Crippen LogP contribution in [-0.2, 0) is 4.74 Å². The molecule has 0 atom stereocenters. The third-order valence-electron chi connectivity index (χ3n) is 3.14. The highest BCUT2D eigenvalue weighted by Crippen LogP contribution is 2.22. The van der Waals surface area contributed by atoms with Gasteiger partial charge in [0.1, 0.15) is 5.82 Å². The Morgan fingerprint density at radius 3 is 2.83 bits per heavy atom. The molecule has 1 aliphatic heterocycles. The Balaban J connectivity index is 2.27. The van der Waals surface area contributed by atoms with Crippen molar-refractivity contribution in [3.63, 3.8) is 0 Å². The van der Waals surface area contributed by atoms with Crippen LogP contribution in [0.5, 0.6) is 0 Å². The first-order chi connectivity index (χ1) is 8.42. The van der Waals surface area contributed by atoms with Crippen molar-refractivity contribution in [2.45, 2.75) is 19.4 Å². The van der Waals surface area contributed by atoms with E-state index in [0.29, 0.717) is 25.3 Å². The lowest BCUT2D eigenvalue weighted by Gasteiger charge is -2.42. The average molecular weight is 252 g/mol. The summed E-state index contributed by atoms with van der Waals surface area (Å²) in [6, 6.07) is 4.14. The summed E-state index contributed by atoms with van der Waals surface area (Å²) in [6.07, 6.45) is 0. The summed E-state index contributed by atoms with van der Waals surface area (Å²) in [5.41, 5.74) is 5.38. The van der Waals surface area contributed by atoms with Gasteiger partial charge in [-0.1, -0.05) is 0 Å². The van der Waals surface area contributed by atoms with E-state index >= 15 is 0 Å². The molecular weight excluding hydrogens is 235 g/mol. The van der Waals surface area contributed by atoms with Crippen molar-refractivity contribution < 1.29 is 13.9 Å². The largest absolute Gasteiger partial charge is 0.396 e. The van der Waals surface area contributed by atoms with Crippen LogP contribution in [0.4, 0.5) is 10.1 Å². The summed E-state index contributed by atoms with van der Waals surface area (Å²) in [4.78, 5) is 14.1. The van der Waals surface area contributed by atoms with Gasteiger partial charge in [0.05, 0.1) is 24.4 Å². The van der Waals surface area contributed by atoms with E-state index in [1.54, 1.807) is 11.0 Å². The summed E-state index contributed by atoms with van der Waals surface area (Å²) in [7, 11) is 0. The van der Waals surface area contributed by atoms with Gasteiger partial charge in [0.15, 0.2) is 0 Å². The van der Waals surface area contributed by atoms with Gasteiger partial charge in [-0.25, -0.2) is 4.39 Å². The van der Waals surface area contributed by atoms with Crippen LogP contribution in [0.15, 0.2) is 18.2 Å². The van der Waals surface area contributed by atoms with Crippen LogP contribution in [0.2, 0.25) is 0 Å². The van der Waals surface area contributed by atoms with Gasteiger partial charge in [-0.2, -0.15) is 0 Å². The van der Waals surface area contributed by atoms with Crippen molar-refractivity contribution in [1.82, 2.24) is 4.90 Å². The first-order valence-electron chi connectivity index (χ1n) is 5.86. The van der Waals surface area contributed by atoms with Gasteiger partial charge in [0, 0.05) is 12.1 Å². The second-order valence-electron chi connectivity index (χ2n) is 5.06. The Morgan fingerprint density at radius 2 is 2.22 bits per heavy atom. The van der Waals surface area contributed by atoms with Crippen LogP contribution in [0.25, 0.3) is 0 Å². The van der Waals surface area contributed by atoms with Gasteiger partial charge in [-0.05, 0) is 32.0 Å². The first-order valence-corrected chi connectivity index (χ1v) is 5.86. The van der Waals surface area contributed by atoms with Crippen LogP contribution in [-0.4, -0.2) is 36.1 Å². The molecule has 0 unspecified atom stereocenters. The zero-order valence-corrected chi connectivity index (χ0v) is 10.6. The highest BCUT2D eigenvalue weighted by Gasteiger charge is 2.34. The minimum absolute atomic E-state index is 0.0489. The number of ether oxygens (including phenoxy) is 1. The highest BCUT2D eigenvalue weighted by molar-refractivity contribution is 5.95. The van der Waals surface area contributed by atoms with Crippen LogP contribution in [0.3, 0.4) is 0 Å². The molecule has 0 spiro atoms. The Hall–Kier alpha value is -1.62. The second-order valence-corrected chi connectivity index (χ2v) is 5.06. The Morgan fingerprint density at radius 1 is 1.50 bits per heavy atom. The van der Waals surface area contributed by atoms with Crippen molar-refractivity contribution in [2.75, 3.05) is 25.5 Å². The number of hydrogen-bond donors (Lipinski definition) is 1. The molecule has 18 heavy (non-hydrogen) atoms. The molecule has 0 bridgehead atoms. The molecule has 0 aromatic heterocycles. The minimum atomic E-state index is -0.563. The third-order valence-corrected chi connectivity index (χ3v) is 3.14. The number of rotatable bonds is 1. The molecule has 1 amide bonds. The number of nitrogens with zero attached hydrogens (tertiary/aromatic N) is 1. The molecule has 1 aliphatic rings. The number of halogens is 1. The number of benzene rings is 1. The lowest BCUT2D eigenvalue weighted by atomic mass is 10.0. The third kappa shape index (κ3) is 2.31. The molecule has 1 heterocycles. The Kier molecular flexibility index (Phi) is 3.26. The van der Waals surface area contributed by atoms with E-state index in [0.717, 1.165) is 0 Å². The molecule has 1 aromatic carbocycles. The number of carbonyl (C=O) groups excluding carboxylic acids is 1. The van der Waals surface area contributed by atoms with Gasteiger partial charge in [-0.3, -0.25) is 4.79 Å². The molecule has 0 radical (unpaired) electrons. The number of carbonyl (C=O) groups is 1. The van der Waals surface area contributed by atoms with E-state index in [4.69, 9.17) is 10.5 Å². The van der Waals surface area contributed by atoms with Crippen LogP contribution >= 0.6 is 0 Å². The molecule has 1 saturated heterocycles. The maximum Gasteiger partial charge on any atom is 0.254 e. The Bertz CT molecular complexity index is 474. The zero-order chi connectivity index (χ0) is 13.3. The number of hydrogen-bond acceptors (Lipinski definition) is 3. The predicted octanol–water partition coefficient (Wildman–Crippen LogP) is 1.66. The predicted molar refractivity (Wildman–Crippen MR) is 66.7 cm³/mol. The van der Waals surface area contributed by atoms with E-state index in [9.17, 15) is 9.18 Å². The topological polar surface area (TPSA) is 55.6 Å². The lowest BCUT2D eigenvalue weighted by Crippen LogP contribution is -2.55. The quantitative estimate of drug-likeness (QED) is 0.773. The lowest BCUT2D eigenvalue weighted by molar-refractivity contribution is -0.0370.